The number of aldehydes is 1. The van der Waals surface area contributed by atoms with Gasteiger partial charge in [0.15, 0.2) is 0 Å². The van der Waals surface area contributed by atoms with Crippen molar-refractivity contribution >= 4 is 46.4 Å². The summed E-state index contributed by atoms with van der Waals surface area (Å²) in [6.45, 7) is 0. The van der Waals surface area contributed by atoms with Crippen LogP contribution in [0.4, 0.5) is 5.69 Å². The highest BCUT2D eigenvalue weighted by Crippen LogP contribution is 2.63. The molecule has 1 fully saturated rings. The second-order valence-corrected chi connectivity index (χ2v) is 9.38. The van der Waals surface area contributed by atoms with E-state index in [9.17, 15) is 14.4 Å². The summed E-state index contributed by atoms with van der Waals surface area (Å²) in [6.07, 6.45) is 0.903. The minimum Gasteiger partial charge on any atom is -0.302 e. The van der Waals surface area contributed by atoms with Crippen molar-refractivity contribution in [1.29, 1.82) is 0 Å². The SMILES string of the molecule is O=CC12c3ccccc3C(c3ccccc31)[C@H]1C(=O)N(c3ccc(I)cc3)C(=O)[C@H]12. The summed E-state index contributed by atoms with van der Waals surface area (Å²) in [7, 11) is 0. The minimum atomic E-state index is -1.14. The molecule has 2 atom stereocenters. The lowest BCUT2D eigenvalue weighted by molar-refractivity contribution is -0.128. The zero-order valence-electron chi connectivity index (χ0n) is 15.8. The molecule has 146 valence electrons. The van der Waals surface area contributed by atoms with Crippen molar-refractivity contribution < 1.29 is 14.4 Å². The molecule has 0 radical (unpaired) electrons. The lowest BCUT2D eigenvalue weighted by Crippen LogP contribution is -2.54. The van der Waals surface area contributed by atoms with Crippen LogP contribution < -0.4 is 4.90 Å². The third-order valence-electron chi connectivity index (χ3n) is 6.95. The van der Waals surface area contributed by atoms with E-state index in [2.05, 4.69) is 22.6 Å². The second kappa shape index (κ2) is 6.11. The summed E-state index contributed by atoms with van der Waals surface area (Å²) in [6, 6.07) is 22.9. The molecule has 1 heterocycles. The Bertz CT molecular complexity index is 1200. The monoisotopic (exact) mass is 505 g/mol. The summed E-state index contributed by atoms with van der Waals surface area (Å²) in [5.74, 6) is -2.03. The molecule has 0 spiro atoms. The van der Waals surface area contributed by atoms with Gasteiger partial charge in [-0.15, -0.1) is 0 Å². The maximum Gasteiger partial charge on any atom is 0.239 e. The predicted molar refractivity (Wildman–Crippen MR) is 120 cm³/mol. The van der Waals surface area contributed by atoms with Crippen LogP contribution in [0.1, 0.15) is 28.2 Å². The topological polar surface area (TPSA) is 54.5 Å². The van der Waals surface area contributed by atoms with Crippen LogP contribution in [-0.2, 0) is 19.8 Å². The van der Waals surface area contributed by atoms with Gasteiger partial charge in [-0.25, -0.2) is 4.90 Å². The Morgan fingerprint density at radius 3 is 1.93 bits per heavy atom. The minimum absolute atomic E-state index is 0.216. The summed E-state index contributed by atoms with van der Waals surface area (Å²) in [5, 5.41) is 0. The van der Waals surface area contributed by atoms with Crippen molar-refractivity contribution in [3.63, 3.8) is 0 Å². The van der Waals surface area contributed by atoms with E-state index in [1.54, 1.807) is 12.1 Å². The van der Waals surface area contributed by atoms with Gasteiger partial charge in [-0.05, 0) is 69.1 Å². The van der Waals surface area contributed by atoms with Crippen LogP contribution in [0.25, 0.3) is 0 Å². The molecular formula is C25H16INO3. The van der Waals surface area contributed by atoms with E-state index >= 15 is 0 Å². The summed E-state index contributed by atoms with van der Waals surface area (Å²) >= 11 is 2.19. The maximum absolute atomic E-state index is 13.8. The van der Waals surface area contributed by atoms with E-state index in [-0.39, 0.29) is 17.7 Å². The van der Waals surface area contributed by atoms with E-state index in [0.29, 0.717) is 5.69 Å². The van der Waals surface area contributed by atoms with E-state index in [4.69, 9.17) is 0 Å². The Hall–Kier alpha value is -2.80. The van der Waals surface area contributed by atoms with E-state index in [1.165, 1.54) is 4.90 Å². The van der Waals surface area contributed by atoms with E-state index < -0.39 is 17.3 Å². The number of carbonyl (C=O) groups is 3. The molecule has 1 saturated heterocycles. The highest BCUT2D eigenvalue weighted by Gasteiger charge is 2.68. The lowest BCUT2D eigenvalue weighted by Gasteiger charge is -2.51. The number of hydrogen-bond donors (Lipinski definition) is 0. The quantitative estimate of drug-likeness (QED) is 0.300. The summed E-state index contributed by atoms with van der Waals surface area (Å²) < 4.78 is 1.03. The van der Waals surface area contributed by atoms with Gasteiger partial charge in [0, 0.05) is 9.49 Å². The summed E-state index contributed by atoms with van der Waals surface area (Å²) in [5.41, 5.74) is 3.10. The van der Waals surface area contributed by atoms with Crippen LogP contribution in [0, 0.1) is 15.4 Å². The molecule has 30 heavy (non-hydrogen) atoms. The van der Waals surface area contributed by atoms with Gasteiger partial charge < -0.3 is 4.79 Å². The number of rotatable bonds is 2. The number of hydrogen-bond acceptors (Lipinski definition) is 3. The molecule has 4 nitrogen and oxygen atoms in total. The van der Waals surface area contributed by atoms with Crippen molar-refractivity contribution in [2.24, 2.45) is 11.8 Å². The molecule has 3 aromatic carbocycles. The first kappa shape index (κ1) is 18.0. The number of imide groups is 1. The highest BCUT2D eigenvalue weighted by atomic mass is 127. The Labute approximate surface area is 187 Å². The van der Waals surface area contributed by atoms with Gasteiger partial charge in [0.05, 0.1) is 22.9 Å². The van der Waals surface area contributed by atoms with Crippen LogP contribution in [0.15, 0.2) is 72.8 Å². The molecular weight excluding hydrogens is 489 g/mol. The lowest BCUT2D eigenvalue weighted by atomic mass is 9.48. The number of nitrogens with zero attached hydrogens (tertiary/aromatic N) is 1. The van der Waals surface area contributed by atoms with E-state index in [0.717, 1.165) is 32.1 Å². The molecule has 4 aliphatic rings. The van der Waals surface area contributed by atoms with Crippen LogP contribution >= 0.6 is 22.6 Å². The first-order valence-electron chi connectivity index (χ1n) is 9.88. The van der Waals surface area contributed by atoms with Crippen molar-refractivity contribution in [1.82, 2.24) is 0 Å². The van der Waals surface area contributed by atoms with Crippen molar-refractivity contribution in [3.8, 4) is 0 Å². The molecule has 1 aliphatic heterocycles. The molecule has 3 aromatic rings. The molecule has 2 amide bonds. The van der Waals surface area contributed by atoms with Crippen molar-refractivity contribution in [2.75, 3.05) is 4.90 Å². The van der Waals surface area contributed by atoms with Gasteiger partial charge in [0.25, 0.3) is 0 Å². The number of benzene rings is 3. The van der Waals surface area contributed by atoms with Crippen LogP contribution in [-0.4, -0.2) is 18.1 Å². The Morgan fingerprint density at radius 1 is 0.800 bits per heavy atom. The third kappa shape index (κ3) is 1.99. The average molecular weight is 505 g/mol. The fourth-order valence-corrected chi connectivity index (χ4v) is 6.23. The average Bonchev–Trinajstić information content (AvgIpc) is 3.05. The Balaban J connectivity index is 1.64. The summed E-state index contributed by atoms with van der Waals surface area (Å²) in [4.78, 5) is 41.6. The van der Waals surface area contributed by atoms with Gasteiger partial charge in [0.2, 0.25) is 11.8 Å². The molecule has 2 bridgehead atoms. The zero-order valence-corrected chi connectivity index (χ0v) is 17.9. The van der Waals surface area contributed by atoms with Gasteiger partial charge in [0.1, 0.15) is 6.29 Å². The fraction of sp³-hybridized carbons (Fsp3) is 0.160. The molecule has 7 rings (SSSR count). The molecule has 3 aliphatic carbocycles. The fourth-order valence-electron chi connectivity index (χ4n) is 5.88. The second-order valence-electron chi connectivity index (χ2n) is 8.13. The number of amides is 2. The van der Waals surface area contributed by atoms with Gasteiger partial charge in [-0.1, -0.05) is 48.5 Å². The van der Waals surface area contributed by atoms with E-state index in [1.807, 2.05) is 60.7 Å². The molecule has 0 saturated carbocycles. The molecule has 0 N–H and O–H groups in total. The third-order valence-corrected chi connectivity index (χ3v) is 7.67. The smallest absolute Gasteiger partial charge is 0.239 e. The van der Waals surface area contributed by atoms with Crippen LogP contribution in [0.2, 0.25) is 0 Å². The Kier molecular flexibility index (Phi) is 3.67. The van der Waals surface area contributed by atoms with Gasteiger partial charge in [-0.3, -0.25) is 9.59 Å². The van der Waals surface area contributed by atoms with Crippen LogP contribution in [0.3, 0.4) is 0 Å². The maximum atomic E-state index is 13.8. The zero-order chi connectivity index (χ0) is 20.6. The molecule has 0 unspecified atom stereocenters. The molecule has 5 heteroatoms. The normalized spacial score (nSPS) is 28.2. The number of halogens is 1. The predicted octanol–water partition coefficient (Wildman–Crippen LogP) is 4.04. The number of anilines is 1. The number of carbonyl (C=O) groups excluding carboxylic acids is 3. The largest absolute Gasteiger partial charge is 0.302 e. The molecule has 0 aromatic heterocycles. The van der Waals surface area contributed by atoms with Gasteiger partial charge >= 0.3 is 0 Å². The first-order valence-corrected chi connectivity index (χ1v) is 11.0. The first-order chi connectivity index (χ1) is 14.6. The van der Waals surface area contributed by atoms with Crippen molar-refractivity contribution in [3.05, 3.63) is 98.6 Å². The van der Waals surface area contributed by atoms with Gasteiger partial charge in [-0.2, -0.15) is 0 Å². The van der Waals surface area contributed by atoms with Crippen LogP contribution in [0.5, 0.6) is 0 Å². The highest BCUT2D eigenvalue weighted by molar-refractivity contribution is 14.1. The Morgan fingerprint density at radius 2 is 1.37 bits per heavy atom. The standard InChI is InChI=1S/C25H16INO3/c26-14-9-11-15(12-10-14)27-23(29)21-20-16-5-1-3-7-18(16)25(13-28,22(21)24(27)30)19-8-4-2-6-17(19)20/h1-13,20-22H/t20?,21-,22+,25?/m1/s1. The van der Waals surface area contributed by atoms with Crippen molar-refractivity contribution in [2.45, 2.75) is 11.3 Å².